The molecule has 0 bridgehead atoms. The van der Waals surface area contributed by atoms with Gasteiger partial charge in [-0.2, -0.15) is 0 Å². The van der Waals surface area contributed by atoms with Crippen LogP contribution < -0.4 is 0 Å². The molecule has 2 aliphatic rings. The molecular formula is C16H21FN2O2. The Morgan fingerprint density at radius 3 is 2.62 bits per heavy atom. The molecule has 0 saturated carbocycles. The first-order valence-electron chi connectivity index (χ1n) is 7.39. The second-order valence-electron chi connectivity index (χ2n) is 6.08. The number of methoxy groups -OCH3 is 1. The number of hydrogen-bond acceptors (Lipinski definition) is 3. The van der Waals surface area contributed by atoms with E-state index >= 15 is 0 Å². The van der Waals surface area contributed by atoms with Gasteiger partial charge in [0.15, 0.2) is 0 Å². The third-order valence-corrected chi connectivity index (χ3v) is 4.48. The Balaban J connectivity index is 1.53. The average Bonchev–Trinajstić information content (AvgIpc) is 2.97. The molecule has 1 aromatic rings. The number of hydrogen-bond donors (Lipinski definition) is 0. The quantitative estimate of drug-likeness (QED) is 0.840. The molecule has 1 aromatic carbocycles. The largest absolute Gasteiger partial charge is 0.375 e. The summed E-state index contributed by atoms with van der Waals surface area (Å²) in [6.07, 6.45) is 0. The third-order valence-electron chi connectivity index (χ3n) is 4.48. The lowest BCUT2D eigenvalue weighted by Crippen LogP contribution is -2.35. The maximum atomic E-state index is 13.2. The van der Waals surface area contributed by atoms with Crippen LogP contribution in [0, 0.1) is 17.7 Å². The van der Waals surface area contributed by atoms with Gasteiger partial charge < -0.3 is 9.64 Å². The van der Waals surface area contributed by atoms with E-state index in [0.717, 1.165) is 38.3 Å². The molecule has 2 atom stereocenters. The van der Waals surface area contributed by atoms with E-state index in [1.165, 1.54) is 6.07 Å². The van der Waals surface area contributed by atoms with E-state index in [0.29, 0.717) is 11.8 Å². The molecule has 114 valence electrons. The fourth-order valence-corrected chi connectivity index (χ4v) is 3.53. The van der Waals surface area contributed by atoms with Gasteiger partial charge >= 0.3 is 0 Å². The van der Waals surface area contributed by atoms with Gasteiger partial charge in [-0.3, -0.25) is 9.69 Å². The van der Waals surface area contributed by atoms with Gasteiger partial charge in [-0.1, -0.05) is 12.1 Å². The lowest BCUT2D eigenvalue weighted by atomic mass is 10.0. The number of halogens is 1. The molecule has 0 aliphatic carbocycles. The zero-order valence-electron chi connectivity index (χ0n) is 12.3. The molecule has 3 rings (SSSR count). The number of carbonyl (C=O) groups excluding carboxylic acids is 1. The van der Waals surface area contributed by atoms with Crippen LogP contribution in [0.3, 0.4) is 0 Å². The first-order chi connectivity index (χ1) is 10.2. The molecular weight excluding hydrogens is 271 g/mol. The number of fused-ring (bicyclic) bond motifs is 1. The number of nitrogens with zero attached hydrogens (tertiary/aromatic N) is 2. The lowest BCUT2D eigenvalue weighted by Gasteiger charge is -2.21. The molecule has 0 aromatic heterocycles. The molecule has 2 fully saturated rings. The number of rotatable bonds is 4. The van der Waals surface area contributed by atoms with Crippen LogP contribution in [-0.2, 0) is 16.1 Å². The average molecular weight is 292 g/mol. The topological polar surface area (TPSA) is 32.8 Å². The van der Waals surface area contributed by atoms with E-state index in [1.54, 1.807) is 19.2 Å². The summed E-state index contributed by atoms with van der Waals surface area (Å²) in [6, 6.07) is 6.79. The number of benzene rings is 1. The van der Waals surface area contributed by atoms with Crippen molar-refractivity contribution in [3.63, 3.8) is 0 Å². The van der Waals surface area contributed by atoms with Crippen LogP contribution in [0.5, 0.6) is 0 Å². The zero-order valence-corrected chi connectivity index (χ0v) is 12.3. The van der Waals surface area contributed by atoms with E-state index in [4.69, 9.17) is 4.74 Å². The number of ether oxygens (including phenoxy) is 1. The summed E-state index contributed by atoms with van der Waals surface area (Å²) in [6.45, 7) is 4.58. The number of carbonyl (C=O) groups is 1. The second kappa shape index (κ2) is 6.12. The molecule has 1 amide bonds. The van der Waals surface area contributed by atoms with E-state index in [-0.39, 0.29) is 18.3 Å². The second-order valence-corrected chi connectivity index (χ2v) is 6.08. The van der Waals surface area contributed by atoms with Crippen LogP contribution in [0.15, 0.2) is 24.3 Å². The first kappa shape index (κ1) is 14.5. The SMILES string of the molecule is COCC(=O)N1CC2CN(Cc3cccc(F)c3)CC2C1. The predicted octanol–water partition coefficient (Wildman–Crippen LogP) is 1.36. The standard InChI is InChI=1S/C16H21FN2O2/c1-21-11-16(20)19-9-13-7-18(8-14(13)10-19)6-12-3-2-4-15(17)5-12/h2-5,13-14H,6-11H2,1H3. The molecule has 4 nitrogen and oxygen atoms in total. The Morgan fingerprint density at radius 2 is 2.00 bits per heavy atom. The number of amides is 1. The molecule has 0 N–H and O–H groups in total. The van der Waals surface area contributed by atoms with Crippen molar-refractivity contribution >= 4 is 5.91 Å². The molecule has 2 heterocycles. The van der Waals surface area contributed by atoms with Crippen LogP contribution in [-0.4, -0.2) is 55.6 Å². The van der Waals surface area contributed by atoms with E-state index in [1.807, 2.05) is 11.0 Å². The minimum Gasteiger partial charge on any atom is -0.375 e. The molecule has 0 spiro atoms. The fraction of sp³-hybridized carbons (Fsp3) is 0.562. The summed E-state index contributed by atoms with van der Waals surface area (Å²) in [4.78, 5) is 16.1. The van der Waals surface area contributed by atoms with Gasteiger partial charge in [-0.05, 0) is 29.5 Å². The Morgan fingerprint density at radius 1 is 1.29 bits per heavy atom. The minimum atomic E-state index is -0.178. The highest BCUT2D eigenvalue weighted by atomic mass is 19.1. The Labute approximate surface area is 124 Å². The summed E-state index contributed by atoms with van der Waals surface area (Å²) in [5.74, 6) is 0.991. The van der Waals surface area contributed by atoms with Crippen molar-refractivity contribution in [2.75, 3.05) is 39.9 Å². The van der Waals surface area contributed by atoms with Gasteiger partial charge in [0.1, 0.15) is 12.4 Å². The first-order valence-corrected chi connectivity index (χ1v) is 7.39. The highest BCUT2D eigenvalue weighted by Gasteiger charge is 2.41. The van der Waals surface area contributed by atoms with Crippen LogP contribution >= 0.6 is 0 Å². The lowest BCUT2D eigenvalue weighted by molar-refractivity contribution is -0.134. The summed E-state index contributed by atoms with van der Waals surface area (Å²) >= 11 is 0. The van der Waals surface area contributed by atoms with Crippen molar-refractivity contribution in [1.82, 2.24) is 9.80 Å². The monoisotopic (exact) mass is 292 g/mol. The highest BCUT2D eigenvalue weighted by Crippen LogP contribution is 2.31. The van der Waals surface area contributed by atoms with Crippen molar-refractivity contribution in [2.24, 2.45) is 11.8 Å². The van der Waals surface area contributed by atoms with E-state index < -0.39 is 0 Å². The van der Waals surface area contributed by atoms with Crippen LogP contribution in [0.4, 0.5) is 4.39 Å². The summed E-state index contributed by atoms with van der Waals surface area (Å²) in [5.41, 5.74) is 1.02. The summed E-state index contributed by atoms with van der Waals surface area (Å²) in [7, 11) is 1.55. The molecule has 5 heteroatoms. The summed E-state index contributed by atoms with van der Waals surface area (Å²) < 4.78 is 18.1. The molecule has 21 heavy (non-hydrogen) atoms. The van der Waals surface area contributed by atoms with Gasteiger partial charge in [-0.15, -0.1) is 0 Å². The highest BCUT2D eigenvalue weighted by molar-refractivity contribution is 5.77. The van der Waals surface area contributed by atoms with Crippen molar-refractivity contribution in [3.8, 4) is 0 Å². The van der Waals surface area contributed by atoms with Gasteiger partial charge in [0, 0.05) is 39.8 Å². The maximum Gasteiger partial charge on any atom is 0.248 e. The number of likely N-dealkylation sites (tertiary alicyclic amines) is 2. The van der Waals surface area contributed by atoms with Crippen LogP contribution in [0.25, 0.3) is 0 Å². The molecule has 2 saturated heterocycles. The van der Waals surface area contributed by atoms with Crippen LogP contribution in [0.2, 0.25) is 0 Å². The van der Waals surface area contributed by atoms with E-state index in [2.05, 4.69) is 4.90 Å². The normalized spacial score (nSPS) is 25.3. The molecule has 2 unspecified atom stereocenters. The Bertz CT molecular complexity index is 509. The van der Waals surface area contributed by atoms with E-state index in [9.17, 15) is 9.18 Å². The van der Waals surface area contributed by atoms with Gasteiger partial charge in [0.2, 0.25) is 5.91 Å². The third kappa shape index (κ3) is 3.24. The van der Waals surface area contributed by atoms with Gasteiger partial charge in [-0.25, -0.2) is 4.39 Å². The van der Waals surface area contributed by atoms with Crippen molar-refractivity contribution in [2.45, 2.75) is 6.54 Å². The Kier molecular flexibility index (Phi) is 4.22. The smallest absolute Gasteiger partial charge is 0.248 e. The zero-order chi connectivity index (χ0) is 14.8. The Hall–Kier alpha value is -1.46. The minimum absolute atomic E-state index is 0.0866. The molecule has 2 aliphatic heterocycles. The van der Waals surface area contributed by atoms with Crippen molar-refractivity contribution in [3.05, 3.63) is 35.6 Å². The van der Waals surface area contributed by atoms with Crippen molar-refractivity contribution in [1.29, 1.82) is 0 Å². The van der Waals surface area contributed by atoms with Crippen LogP contribution in [0.1, 0.15) is 5.56 Å². The maximum absolute atomic E-state index is 13.2. The van der Waals surface area contributed by atoms with Gasteiger partial charge in [0.25, 0.3) is 0 Å². The fourth-order valence-electron chi connectivity index (χ4n) is 3.53. The predicted molar refractivity (Wildman–Crippen MR) is 77.1 cm³/mol. The summed E-state index contributed by atoms with van der Waals surface area (Å²) in [5, 5.41) is 0. The molecule has 0 radical (unpaired) electrons. The van der Waals surface area contributed by atoms with Gasteiger partial charge in [0.05, 0.1) is 0 Å². The van der Waals surface area contributed by atoms with Crippen molar-refractivity contribution < 1.29 is 13.9 Å².